The van der Waals surface area contributed by atoms with Gasteiger partial charge in [-0.15, -0.1) is 0 Å². The number of aryl methyl sites for hydroxylation is 1. The molecule has 2 aromatic rings. The van der Waals surface area contributed by atoms with Crippen LogP contribution in [0.15, 0.2) is 47.4 Å². The Labute approximate surface area is 142 Å². The fourth-order valence-electron chi connectivity index (χ4n) is 2.49. The molecule has 1 aromatic carbocycles. The lowest BCUT2D eigenvalue weighted by molar-refractivity contribution is 0.115. The van der Waals surface area contributed by atoms with Crippen LogP contribution < -0.4 is 17.2 Å². The first-order chi connectivity index (χ1) is 11.6. The Balaban J connectivity index is 1.55. The third-order valence-electron chi connectivity index (χ3n) is 3.84. The van der Waals surface area contributed by atoms with Crippen molar-refractivity contribution in [3.05, 3.63) is 58.6 Å². The van der Waals surface area contributed by atoms with Crippen LogP contribution in [0.5, 0.6) is 0 Å². The summed E-state index contributed by atoms with van der Waals surface area (Å²) >= 11 is 0. The number of nitrogen functional groups attached to an aromatic ring is 1. The highest BCUT2D eigenvalue weighted by Crippen LogP contribution is 2.06. The zero-order valence-electron chi connectivity index (χ0n) is 13.9. The maximum Gasteiger partial charge on any atom is 0.349 e. The Hall–Kier alpha value is -2.18. The van der Waals surface area contributed by atoms with Gasteiger partial charge in [-0.05, 0) is 37.3 Å². The van der Waals surface area contributed by atoms with Gasteiger partial charge in [-0.2, -0.15) is 4.98 Å². The second kappa shape index (κ2) is 9.85. The minimum absolute atomic E-state index is 0.128. The summed E-state index contributed by atoms with van der Waals surface area (Å²) in [4.78, 5) is 15.3. The van der Waals surface area contributed by atoms with E-state index in [0.717, 1.165) is 25.7 Å². The van der Waals surface area contributed by atoms with Crippen LogP contribution in [0.1, 0.15) is 31.2 Å². The molecule has 2 rings (SSSR count). The second-order valence-corrected chi connectivity index (χ2v) is 5.91. The van der Waals surface area contributed by atoms with Crippen LogP contribution in [0.3, 0.4) is 0 Å². The Morgan fingerprint density at radius 3 is 2.62 bits per heavy atom. The average Bonchev–Trinajstić information content (AvgIpc) is 2.57. The molecule has 0 unspecified atom stereocenters. The molecule has 24 heavy (non-hydrogen) atoms. The molecule has 0 spiro atoms. The van der Waals surface area contributed by atoms with Gasteiger partial charge in [0.1, 0.15) is 5.82 Å². The average molecular weight is 330 g/mol. The highest BCUT2D eigenvalue weighted by atomic mass is 16.5. The Kier molecular flexibility index (Phi) is 7.45. The molecule has 0 saturated carbocycles. The Morgan fingerprint density at radius 1 is 1.12 bits per heavy atom. The monoisotopic (exact) mass is 330 g/mol. The van der Waals surface area contributed by atoms with Gasteiger partial charge < -0.3 is 16.2 Å². The number of benzene rings is 1. The van der Waals surface area contributed by atoms with E-state index in [1.54, 1.807) is 16.8 Å². The van der Waals surface area contributed by atoms with E-state index in [-0.39, 0.29) is 17.5 Å². The van der Waals surface area contributed by atoms with Gasteiger partial charge in [-0.3, -0.25) is 4.57 Å². The molecule has 0 amide bonds. The molecule has 4 N–H and O–H groups in total. The van der Waals surface area contributed by atoms with Crippen molar-refractivity contribution >= 4 is 5.82 Å². The quantitative estimate of drug-likeness (QED) is 0.649. The third kappa shape index (κ3) is 6.52. The first kappa shape index (κ1) is 18.2. The maximum absolute atomic E-state index is 11.6. The molecule has 0 aliphatic carbocycles. The van der Waals surface area contributed by atoms with Gasteiger partial charge in [-0.1, -0.05) is 30.3 Å². The van der Waals surface area contributed by atoms with Gasteiger partial charge >= 0.3 is 5.69 Å². The van der Waals surface area contributed by atoms with E-state index >= 15 is 0 Å². The van der Waals surface area contributed by atoms with E-state index in [9.17, 15) is 4.79 Å². The highest BCUT2D eigenvalue weighted by Gasteiger charge is 2.04. The number of nitrogens with zero attached hydrogens (tertiary/aromatic N) is 2. The number of nitrogens with two attached hydrogens (primary N) is 2. The number of aromatic nitrogens is 2. The minimum atomic E-state index is -0.308. The van der Waals surface area contributed by atoms with Gasteiger partial charge in [-0.25, -0.2) is 4.79 Å². The molecule has 6 nitrogen and oxygen atoms in total. The van der Waals surface area contributed by atoms with Crippen LogP contribution >= 0.6 is 0 Å². The summed E-state index contributed by atoms with van der Waals surface area (Å²) in [5.74, 6) is 0.253. The predicted octanol–water partition coefficient (Wildman–Crippen LogP) is 1.93. The minimum Gasteiger partial charge on any atom is -0.383 e. The van der Waals surface area contributed by atoms with Gasteiger partial charge in [0.15, 0.2) is 0 Å². The normalized spacial score (nSPS) is 12.2. The van der Waals surface area contributed by atoms with Crippen molar-refractivity contribution in [3.8, 4) is 0 Å². The maximum atomic E-state index is 11.6. The van der Waals surface area contributed by atoms with Gasteiger partial charge in [0.2, 0.25) is 0 Å². The van der Waals surface area contributed by atoms with E-state index in [0.29, 0.717) is 19.8 Å². The Morgan fingerprint density at radius 2 is 1.88 bits per heavy atom. The summed E-state index contributed by atoms with van der Waals surface area (Å²) in [6.45, 7) is 1.97. The van der Waals surface area contributed by atoms with Crippen LogP contribution in [-0.4, -0.2) is 22.2 Å². The summed E-state index contributed by atoms with van der Waals surface area (Å²) < 4.78 is 7.21. The largest absolute Gasteiger partial charge is 0.383 e. The van der Waals surface area contributed by atoms with Crippen molar-refractivity contribution in [1.82, 2.24) is 9.55 Å². The topological polar surface area (TPSA) is 96.2 Å². The molecule has 0 fully saturated rings. The van der Waals surface area contributed by atoms with Crippen LogP contribution in [0.2, 0.25) is 0 Å². The summed E-state index contributed by atoms with van der Waals surface area (Å²) in [6.07, 6.45) is 5.25. The molecule has 0 aliphatic heterocycles. The van der Waals surface area contributed by atoms with E-state index in [1.807, 2.05) is 18.2 Å². The molecule has 130 valence electrons. The molecule has 0 bridgehead atoms. The zero-order chi connectivity index (χ0) is 17.2. The van der Waals surface area contributed by atoms with Crippen LogP contribution in [0.4, 0.5) is 5.82 Å². The van der Waals surface area contributed by atoms with Crippen LogP contribution in [-0.2, 0) is 17.9 Å². The first-order valence-electron chi connectivity index (χ1n) is 8.35. The first-order valence-corrected chi connectivity index (χ1v) is 8.35. The van der Waals surface area contributed by atoms with E-state index in [1.165, 1.54) is 5.56 Å². The van der Waals surface area contributed by atoms with Crippen molar-refractivity contribution in [2.45, 2.75) is 44.9 Å². The van der Waals surface area contributed by atoms with E-state index in [4.69, 9.17) is 16.2 Å². The molecule has 1 heterocycles. The molecule has 1 atom stereocenters. The van der Waals surface area contributed by atoms with Gasteiger partial charge in [0.25, 0.3) is 0 Å². The molecule has 0 radical (unpaired) electrons. The van der Waals surface area contributed by atoms with E-state index in [2.05, 4.69) is 17.1 Å². The fourth-order valence-corrected chi connectivity index (χ4v) is 2.49. The summed E-state index contributed by atoms with van der Waals surface area (Å²) in [7, 11) is 0. The summed E-state index contributed by atoms with van der Waals surface area (Å²) in [5.41, 5.74) is 12.5. The number of hydrogen-bond acceptors (Lipinski definition) is 5. The number of anilines is 1. The molecule has 6 heteroatoms. The lowest BCUT2D eigenvalue weighted by Gasteiger charge is -2.12. The van der Waals surface area contributed by atoms with Crippen molar-refractivity contribution in [2.24, 2.45) is 5.73 Å². The smallest absolute Gasteiger partial charge is 0.349 e. The SMILES string of the molecule is Nc1ccn(CCC[C@@H](N)CCCOCc2ccccc2)c(=O)n1. The number of hydrogen-bond donors (Lipinski definition) is 2. The third-order valence-corrected chi connectivity index (χ3v) is 3.84. The molecule has 0 saturated heterocycles. The highest BCUT2D eigenvalue weighted by molar-refractivity contribution is 5.23. The lowest BCUT2D eigenvalue weighted by atomic mass is 10.1. The molecule has 0 aliphatic rings. The van der Waals surface area contributed by atoms with Crippen molar-refractivity contribution in [3.63, 3.8) is 0 Å². The van der Waals surface area contributed by atoms with Crippen molar-refractivity contribution in [1.29, 1.82) is 0 Å². The van der Waals surface area contributed by atoms with Crippen LogP contribution in [0, 0.1) is 0 Å². The Bertz CT molecular complexity index is 658. The molecular weight excluding hydrogens is 304 g/mol. The van der Waals surface area contributed by atoms with Crippen molar-refractivity contribution < 1.29 is 4.74 Å². The summed E-state index contributed by atoms with van der Waals surface area (Å²) in [6, 6.07) is 11.9. The van der Waals surface area contributed by atoms with Gasteiger partial charge in [0.05, 0.1) is 6.61 Å². The molecule has 1 aromatic heterocycles. The number of rotatable bonds is 10. The van der Waals surface area contributed by atoms with Crippen LogP contribution in [0.25, 0.3) is 0 Å². The summed E-state index contributed by atoms with van der Waals surface area (Å²) in [5, 5.41) is 0. The predicted molar refractivity (Wildman–Crippen MR) is 95.5 cm³/mol. The van der Waals surface area contributed by atoms with Crippen molar-refractivity contribution in [2.75, 3.05) is 12.3 Å². The molecular formula is C18H26N4O2. The fraction of sp³-hybridized carbons (Fsp3) is 0.444. The second-order valence-electron chi connectivity index (χ2n) is 5.91. The van der Waals surface area contributed by atoms with E-state index < -0.39 is 0 Å². The van der Waals surface area contributed by atoms with Gasteiger partial charge in [0, 0.05) is 25.4 Å². The zero-order valence-corrected chi connectivity index (χ0v) is 13.9. The number of ether oxygens (including phenoxy) is 1. The standard InChI is InChI=1S/C18H26N4O2/c19-16(8-4-11-22-12-10-17(20)21-18(22)23)9-5-13-24-14-15-6-2-1-3-7-15/h1-3,6-7,10,12,16H,4-5,8-9,11,13-14,19H2,(H2,20,21,23)/t16-/m1/s1. The lowest BCUT2D eigenvalue weighted by Crippen LogP contribution is -2.25.